The van der Waals surface area contributed by atoms with Crippen LogP contribution in [0.15, 0.2) is 41.5 Å². The summed E-state index contributed by atoms with van der Waals surface area (Å²) in [6, 6.07) is 3.37. The Morgan fingerprint density at radius 3 is 2.91 bits per heavy atom. The van der Waals surface area contributed by atoms with Crippen LogP contribution >= 0.6 is 0 Å². The van der Waals surface area contributed by atoms with Gasteiger partial charge in [0, 0.05) is 17.3 Å². The fraction of sp³-hybridized carbons (Fsp3) is 0.348. The Morgan fingerprint density at radius 1 is 1.34 bits per heavy atom. The fourth-order valence-electron chi connectivity index (χ4n) is 3.76. The minimum atomic E-state index is -0.471. The number of oxazole rings is 1. The van der Waals surface area contributed by atoms with Crippen molar-refractivity contribution in [3.63, 3.8) is 0 Å². The zero-order valence-corrected chi connectivity index (χ0v) is 17.9. The van der Waals surface area contributed by atoms with E-state index in [0.717, 1.165) is 23.6 Å². The van der Waals surface area contributed by atoms with Crippen LogP contribution in [0.3, 0.4) is 0 Å². The van der Waals surface area contributed by atoms with Gasteiger partial charge in [0.15, 0.2) is 6.39 Å². The number of rotatable bonds is 7. The highest BCUT2D eigenvalue weighted by atomic mass is 16.5. The fourth-order valence-corrected chi connectivity index (χ4v) is 3.76. The monoisotopic (exact) mass is 433 g/mol. The van der Waals surface area contributed by atoms with Gasteiger partial charge >= 0.3 is 0 Å². The lowest BCUT2D eigenvalue weighted by molar-refractivity contribution is 0.0712. The van der Waals surface area contributed by atoms with Crippen LogP contribution < -0.4 is 10.1 Å². The topological polar surface area (TPSA) is 110 Å². The molecule has 3 aromatic rings. The summed E-state index contributed by atoms with van der Waals surface area (Å²) in [4.78, 5) is 39.8. The molecule has 9 nitrogen and oxygen atoms in total. The van der Waals surface area contributed by atoms with Gasteiger partial charge in [0.1, 0.15) is 11.6 Å². The second kappa shape index (κ2) is 8.07. The molecular formula is C23H23N5O4. The van der Waals surface area contributed by atoms with Crippen LogP contribution in [0.1, 0.15) is 63.5 Å². The van der Waals surface area contributed by atoms with Crippen LogP contribution in [0.2, 0.25) is 0 Å². The number of aromatic nitrogens is 3. The van der Waals surface area contributed by atoms with Gasteiger partial charge in [-0.15, -0.1) is 0 Å². The van der Waals surface area contributed by atoms with Gasteiger partial charge in [0.25, 0.3) is 11.8 Å². The molecule has 4 heterocycles. The normalized spacial score (nSPS) is 16.1. The molecule has 1 N–H and O–H groups in total. The third-order valence-corrected chi connectivity index (χ3v) is 5.91. The minimum Gasteiger partial charge on any atom is -0.491 e. The van der Waals surface area contributed by atoms with Gasteiger partial charge in [0.05, 0.1) is 37.3 Å². The second-order valence-corrected chi connectivity index (χ2v) is 8.24. The molecule has 1 aliphatic carbocycles. The van der Waals surface area contributed by atoms with Crippen molar-refractivity contribution in [1.82, 2.24) is 19.9 Å². The van der Waals surface area contributed by atoms with Gasteiger partial charge in [-0.05, 0) is 50.3 Å². The number of carbonyl (C=O) groups excluding carboxylic acids is 2. The van der Waals surface area contributed by atoms with Crippen LogP contribution in [-0.4, -0.2) is 38.3 Å². The molecule has 2 aliphatic rings. The Hall–Kier alpha value is -3.75. The van der Waals surface area contributed by atoms with E-state index < -0.39 is 5.91 Å². The Balaban J connectivity index is 1.33. The molecular weight excluding hydrogens is 410 g/mol. The number of nitrogens with zero attached hydrogens (tertiary/aromatic N) is 4. The SMILES string of the molecule is Cc1cc(C(C)N2Cc3c(ccnc3NC(=O)c3cnco3)C2=O)ncc1OCC1CC1. The Labute approximate surface area is 184 Å². The first-order valence-corrected chi connectivity index (χ1v) is 10.6. The van der Waals surface area contributed by atoms with Gasteiger partial charge < -0.3 is 19.4 Å². The van der Waals surface area contributed by atoms with Crippen molar-refractivity contribution in [2.24, 2.45) is 5.92 Å². The molecule has 1 atom stereocenters. The van der Waals surface area contributed by atoms with Crippen molar-refractivity contribution in [1.29, 1.82) is 0 Å². The van der Waals surface area contributed by atoms with Crippen LogP contribution in [0.25, 0.3) is 0 Å². The maximum Gasteiger partial charge on any atom is 0.294 e. The van der Waals surface area contributed by atoms with Gasteiger partial charge in [-0.1, -0.05) is 0 Å². The first-order valence-electron chi connectivity index (χ1n) is 10.6. The highest BCUT2D eigenvalue weighted by molar-refractivity contribution is 6.05. The van der Waals surface area contributed by atoms with E-state index in [9.17, 15) is 9.59 Å². The molecule has 0 saturated heterocycles. The minimum absolute atomic E-state index is 0.0719. The van der Waals surface area contributed by atoms with Crippen LogP contribution in [-0.2, 0) is 6.54 Å². The zero-order valence-electron chi connectivity index (χ0n) is 17.9. The Morgan fingerprint density at radius 2 is 2.19 bits per heavy atom. The maximum absolute atomic E-state index is 13.1. The average molecular weight is 433 g/mol. The van der Waals surface area contributed by atoms with E-state index in [1.807, 2.05) is 19.9 Å². The summed E-state index contributed by atoms with van der Waals surface area (Å²) in [6.07, 6.45) is 8.22. The molecule has 0 bridgehead atoms. The Bertz CT molecular complexity index is 1170. The first kappa shape index (κ1) is 20.2. The van der Waals surface area contributed by atoms with Crippen molar-refractivity contribution >= 4 is 17.6 Å². The van der Waals surface area contributed by atoms with E-state index in [1.54, 1.807) is 17.2 Å². The van der Waals surface area contributed by atoms with Gasteiger partial charge in [-0.2, -0.15) is 0 Å². The van der Waals surface area contributed by atoms with Crippen molar-refractivity contribution in [2.75, 3.05) is 11.9 Å². The smallest absolute Gasteiger partial charge is 0.294 e. The number of amides is 2. The maximum atomic E-state index is 13.1. The summed E-state index contributed by atoms with van der Waals surface area (Å²) >= 11 is 0. The van der Waals surface area contributed by atoms with E-state index in [2.05, 4.69) is 20.3 Å². The highest BCUT2D eigenvalue weighted by Crippen LogP contribution is 2.35. The summed E-state index contributed by atoms with van der Waals surface area (Å²) in [6.45, 7) is 4.97. The van der Waals surface area contributed by atoms with Gasteiger partial charge in [-0.25, -0.2) is 9.97 Å². The number of aryl methyl sites for hydroxylation is 1. The number of carbonyl (C=O) groups is 2. The second-order valence-electron chi connectivity index (χ2n) is 8.24. The van der Waals surface area contributed by atoms with Crippen LogP contribution in [0, 0.1) is 12.8 Å². The number of nitrogens with one attached hydrogen (secondary N) is 1. The van der Waals surface area contributed by atoms with Crippen molar-refractivity contribution in [2.45, 2.75) is 39.3 Å². The number of fused-ring (bicyclic) bond motifs is 1. The summed E-state index contributed by atoms with van der Waals surface area (Å²) in [5, 5.41) is 2.71. The predicted octanol–water partition coefficient (Wildman–Crippen LogP) is 3.53. The third kappa shape index (κ3) is 3.81. The number of hydrogen-bond donors (Lipinski definition) is 1. The van der Waals surface area contributed by atoms with E-state index in [4.69, 9.17) is 9.15 Å². The molecule has 0 radical (unpaired) electrons. The quantitative estimate of drug-likeness (QED) is 0.607. The van der Waals surface area contributed by atoms with E-state index >= 15 is 0 Å². The van der Waals surface area contributed by atoms with Crippen molar-refractivity contribution < 1.29 is 18.7 Å². The molecule has 32 heavy (non-hydrogen) atoms. The van der Waals surface area contributed by atoms with E-state index in [-0.39, 0.29) is 17.7 Å². The molecule has 1 fully saturated rings. The van der Waals surface area contributed by atoms with Crippen LogP contribution in [0.4, 0.5) is 5.82 Å². The molecule has 9 heteroatoms. The molecule has 0 aromatic carbocycles. The Kier molecular flexibility index (Phi) is 5.08. The molecule has 1 aliphatic heterocycles. The van der Waals surface area contributed by atoms with E-state index in [1.165, 1.54) is 31.6 Å². The molecule has 164 valence electrons. The highest BCUT2D eigenvalue weighted by Gasteiger charge is 2.34. The van der Waals surface area contributed by atoms with Crippen LogP contribution in [0.5, 0.6) is 5.75 Å². The molecule has 0 spiro atoms. The number of anilines is 1. The van der Waals surface area contributed by atoms with Gasteiger partial charge in [0.2, 0.25) is 5.76 Å². The molecule has 1 saturated carbocycles. The number of hydrogen-bond acceptors (Lipinski definition) is 7. The predicted molar refractivity (Wildman–Crippen MR) is 114 cm³/mol. The standard InChI is InChI=1S/C23H23N5O4/c1-13-7-18(26-9-19(13)31-11-15-3-4-15)14(2)28-10-17-16(23(28)30)5-6-25-21(17)27-22(29)20-8-24-12-32-20/h5-9,12,14-15H,3-4,10-11H2,1-2H3,(H,25,27,29). The average Bonchev–Trinajstić information content (AvgIpc) is 3.32. The lowest BCUT2D eigenvalue weighted by Gasteiger charge is -2.24. The summed E-state index contributed by atoms with van der Waals surface area (Å²) in [7, 11) is 0. The number of pyridine rings is 2. The molecule has 5 rings (SSSR count). The number of ether oxygens (including phenoxy) is 1. The zero-order chi connectivity index (χ0) is 22.2. The summed E-state index contributed by atoms with van der Waals surface area (Å²) in [5.41, 5.74) is 2.95. The largest absolute Gasteiger partial charge is 0.491 e. The first-order chi connectivity index (χ1) is 15.5. The lowest BCUT2D eigenvalue weighted by Crippen LogP contribution is -2.28. The molecule has 3 aromatic heterocycles. The lowest BCUT2D eigenvalue weighted by atomic mass is 10.1. The molecule has 2 amide bonds. The van der Waals surface area contributed by atoms with Crippen molar-refractivity contribution in [3.05, 3.63) is 65.3 Å². The third-order valence-electron chi connectivity index (χ3n) is 5.91. The summed E-state index contributed by atoms with van der Waals surface area (Å²) in [5.74, 6) is 1.26. The van der Waals surface area contributed by atoms with Gasteiger partial charge in [-0.3, -0.25) is 14.6 Å². The molecule has 1 unspecified atom stereocenters. The van der Waals surface area contributed by atoms with E-state index in [0.29, 0.717) is 29.4 Å². The van der Waals surface area contributed by atoms with Crippen molar-refractivity contribution in [3.8, 4) is 5.75 Å². The summed E-state index contributed by atoms with van der Waals surface area (Å²) < 4.78 is 10.9.